The highest BCUT2D eigenvalue weighted by atomic mass is 28.4. The van der Waals surface area contributed by atoms with Crippen LogP contribution < -0.4 is 9.16 Å². The third kappa shape index (κ3) is 4.33. The monoisotopic (exact) mass is 436 g/mol. The Morgan fingerprint density at radius 1 is 0.806 bits per heavy atom. The van der Waals surface area contributed by atoms with E-state index in [1.807, 2.05) is 24.3 Å². The van der Waals surface area contributed by atoms with E-state index < -0.39 is 14.3 Å². The predicted octanol–water partition coefficient (Wildman–Crippen LogP) is 7.32. The fourth-order valence-electron chi connectivity index (χ4n) is 4.76. The van der Waals surface area contributed by atoms with Crippen LogP contribution in [0.3, 0.4) is 0 Å². The van der Waals surface area contributed by atoms with Crippen LogP contribution in [0.2, 0.25) is 16.6 Å². The molecule has 164 valence electrons. The van der Waals surface area contributed by atoms with Crippen LogP contribution in [0.15, 0.2) is 60.7 Å². The van der Waals surface area contributed by atoms with Gasteiger partial charge in [0.1, 0.15) is 22.8 Å². The Labute approximate surface area is 186 Å². The van der Waals surface area contributed by atoms with Crippen LogP contribution in [0.25, 0.3) is 10.8 Å². The third-order valence-electron chi connectivity index (χ3n) is 6.15. The minimum Gasteiger partial charge on any atom is -0.542 e. The Kier molecular flexibility index (Phi) is 6.75. The second kappa shape index (κ2) is 9.14. The molecule has 0 amide bonds. The van der Waals surface area contributed by atoms with Gasteiger partial charge in [0.05, 0.1) is 0 Å². The number of phenolic OH excluding ortho intramolecular Hbond substituents is 1. The molecule has 3 rings (SSSR count). The van der Waals surface area contributed by atoms with Gasteiger partial charge >= 0.3 is 5.97 Å². The lowest BCUT2D eigenvalue weighted by atomic mass is 10.0. The molecule has 0 bridgehead atoms. The van der Waals surface area contributed by atoms with Crippen molar-refractivity contribution in [2.45, 2.75) is 58.2 Å². The van der Waals surface area contributed by atoms with Crippen molar-refractivity contribution in [3.05, 3.63) is 66.2 Å². The van der Waals surface area contributed by atoms with E-state index in [-0.39, 0.29) is 11.3 Å². The van der Waals surface area contributed by atoms with E-state index in [0.717, 1.165) is 5.39 Å². The second-order valence-electron chi connectivity index (χ2n) is 8.94. The number of para-hydroxylation sites is 1. The molecular formula is C26H32O4Si. The summed E-state index contributed by atoms with van der Waals surface area (Å²) in [4.78, 5) is 13.0. The number of benzene rings is 3. The van der Waals surface area contributed by atoms with Crippen molar-refractivity contribution < 1.29 is 19.1 Å². The molecule has 5 heteroatoms. The van der Waals surface area contributed by atoms with Crippen molar-refractivity contribution in [1.82, 2.24) is 0 Å². The first kappa shape index (κ1) is 22.9. The van der Waals surface area contributed by atoms with E-state index in [1.165, 1.54) is 0 Å². The zero-order chi connectivity index (χ0) is 22.8. The van der Waals surface area contributed by atoms with E-state index in [4.69, 9.17) is 9.16 Å². The Hall–Kier alpha value is -2.79. The molecule has 3 aromatic carbocycles. The highest BCUT2D eigenvalue weighted by molar-refractivity contribution is 6.78. The van der Waals surface area contributed by atoms with E-state index in [1.54, 1.807) is 36.4 Å². The summed E-state index contributed by atoms with van der Waals surface area (Å²) in [6.45, 7) is 13.3. The number of ether oxygens (including phenoxy) is 1. The summed E-state index contributed by atoms with van der Waals surface area (Å²) < 4.78 is 12.4. The maximum Gasteiger partial charge on any atom is 0.347 e. The lowest BCUT2D eigenvalue weighted by molar-refractivity contribution is 0.0731. The molecule has 0 spiro atoms. The average molecular weight is 437 g/mol. The van der Waals surface area contributed by atoms with Crippen molar-refractivity contribution in [3.8, 4) is 17.2 Å². The molecule has 0 aromatic heterocycles. The summed E-state index contributed by atoms with van der Waals surface area (Å²) in [5.74, 6) is 0.369. The molecule has 0 saturated carbocycles. The highest BCUT2D eigenvalue weighted by Gasteiger charge is 2.47. The molecule has 0 radical (unpaired) electrons. The Morgan fingerprint density at radius 2 is 1.32 bits per heavy atom. The van der Waals surface area contributed by atoms with Gasteiger partial charge in [-0.1, -0.05) is 84.0 Å². The number of fused-ring (bicyclic) bond motifs is 1. The lowest BCUT2D eigenvalue weighted by Crippen LogP contribution is -2.50. The van der Waals surface area contributed by atoms with Crippen LogP contribution in [-0.2, 0) is 0 Å². The second-order valence-corrected chi connectivity index (χ2v) is 14.3. The maximum atomic E-state index is 13.0. The van der Waals surface area contributed by atoms with Gasteiger partial charge in [-0.2, -0.15) is 0 Å². The molecule has 3 aromatic rings. The van der Waals surface area contributed by atoms with E-state index in [0.29, 0.717) is 33.5 Å². The summed E-state index contributed by atoms with van der Waals surface area (Å²) >= 11 is 0. The highest BCUT2D eigenvalue weighted by Crippen LogP contribution is 2.45. The fourth-order valence-corrected chi connectivity index (χ4v) is 10.0. The number of rotatable bonds is 7. The molecule has 0 aliphatic rings. The van der Waals surface area contributed by atoms with Crippen molar-refractivity contribution in [2.24, 2.45) is 0 Å². The Balaban J connectivity index is 2.15. The van der Waals surface area contributed by atoms with Gasteiger partial charge in [0, 0.05) is 10.8 Å². The van der Waals surface area contributed by atoms with Gasteiger partial charge in [-0.25, -0.2) is 4.79 Å². The van der Waals surface area contributed by atoms with Crippen molar-refractivity contribution in [2.75, 3.05) is 0 Å². The van der Waals surface area contributed by atoms with Crippen LogP contribution in [-0.4, -0.2) is 19.4 Å². The van der Waals surface area contributed by atoms with E-state index in [2.05, 4.69) is 41.5 Å². The Bertz CT molecular complexity index is 1040. The first-order valence-corrected chi connectivity index (χ1v) is 13.0. The first-order valence-electron chi connectivity index (χ1n) is 10.9. The van der Waals surface area contributed by atoms with E-state index in [9.17, 15) is 9.90 Å². The van der Waals surface area contributed by atoms with Gasteiger partial charge in [0.15, 0.2) is 0 Å². The van der Waals surface area contributed by atoms with Gasteiger partial charge in [-0.05, 0) is 34.8 Å². The van der Waals surface area contributed by atoms with Crippen LogP contribution >= 0.6 is 0 Å². The largest absolute Gasteiger partial charge is 0.542 e. The van der Waals surface area contributed by atoms with Crippen LogP contribution in [0, 0.1) is 0 Å². The van der Waals surface area contributed by atoms with Gasteiger partial charge in [0.25, 0.3) is 8.32 Å². The SMILES string of the molecule is CC(C)[Si](Oc1cc(C(=O)Oc2ccccc2)c(O)c2ccccc12)(C(C)C)C(C)C. The summed E-state index contributed by atoms with van der Waals surface area (Å²) in [6.07, 6.45) is 0. The fraction of sp³-hybridized carbons (Fsp3) is 0.346. The summed E-state index contributed by atoms with van der Waals surface area (Å²) in [7, 11) is -2.27. The molecular weight excluding hydrogens is 404 g/mol. The number of hydrogen-bond donors (Lipinski definition) is 1. The molecule has 0 aliphatic carbocycles. The predicted molar refractivity (Wildman–Crippen MR) is 129 cm³/mol. The zero-order valence-electron chi connectivity index (χ0n) is 19.2. The summed E-state index contributed by atoms with van der Waals surface area (Å²) in [5, 5.41) is 12.3. The first-order chi connectivity index (χ1) is 14.7. The van der Waals surface area contributed by atoms with Gasteiger partial charge in [-0.3, -0.25) is 0 Å². The van der Waals surface area contributed by atoms with Gasteiger partial charge in [0.2, 0.25) is 0 Å². The van der Waals surface area contributed by atoms with Crippen LogP contribution in [0.4, 0.5) is 0 Å². The van der Waals surface area contributed by atoms with Crippen molar-refractivity contribution >= 4 is 25.1 Å². The molecule has 1 N–H and O–H groups in total. The third-order valence-corrected chi connectivity index (χ3v) is 12.1. The quantitative estimate of drug-likeness (QED) is 0.239. The number of hydrogen-bond acceptors (Lipinski definition) is 4. The average Bonchev–Trinajstić information content (AvgIpc) is 2.73. The molecule has 0 saturated heterocycles. The number of aromatic hydroxyl groups is 1. The standard InChI is InChI=1S/C26H32O4Si/c1-17(2)31(18(3)4,19(5)6)30-24-16-23(25(27)22-15-11-10-14-21(22)24)26(28)29-20-12-8-7-9-13-20/h7-19,27H,1-6H3. The van der Waals surface area contributed by atoms with Gasteiger partial charge < -0.3 is 14.3 Å². The molecule has 0 heterocycles. The molecule has 0 unspecified atom stereocenters. The van der Waals surface area contributed by atoms with Crippen molar-refractivity contribution in [3.63, 3.8) is 0 Å². The number of carbonyl (C=O) groups is 1. The summed E-state index contributed by atoms with van der Waals surface area (Å²) in [6, 6.07) is 18.0. The van der Waals surface area contributed by atoms with Crippen molar-refractivity contribution in [1.29, 1.82) is 0 Å². The molecule has 0 fully saturated rings. The molecule has 4 nitrogen and oxygen atoms in total. The Morgan fingerprint density at radius 3 is 1.87 bits per heavy atom. The number of esters is 1. The zero-order valence-corrected chi connectivity index (χ0v) is 20.2. The van der Waals surface area contributed by atoms with Crippen LogP contribution in [0.1, 0.15) is 51.9 Å². The molecule has 31 heavy (non-hydrogen) atoms. The summed E-state index contributed by atoms with van der Waals surface area (Å²) in [5.41, 5.74) is 1.23. The number of phenols is 1. The molecule has 0 atom stereocenters. The smallest absolute Gasteiger partial charge is 0.347 e. The maximum absolute atomic E-state index is 13.0. The topological polar surface area (TPSA) is 55.8 Å². The minimum absolute atomic E-state index is 0.0882. The normalized spacial score (nSPS) is 12.0. The minimum atomic E-state index is -2.27. The van der Waals surface area contributed by atoms with Crippen LogP contribution in [0.5, 0.6) is 17.2 Å². The molecule has 0 aliphatic heterocycles. The lowest BCUT2D eigenvalue weighted by Gasteiger charge is -2.42. The van der Waals surface area contributed by atoms with Gasteiger partial charge in [-0.15, -0.1) is 0 Å². The van der Waals surface area contributed by atoms with E-state index >= 15 is 0 Å². The number of carbonyl (C=O) groups excluding carboxylic acids is 1.